The van der Waals surface area contributed by atoms with Crippen LogP contribution in [0.1, 0.15) is 19.3 Å². The Balaban J connectivity index is 1.89. The zero-order chi connectivity index (χ0) is 13.1. The van der Waals surface area contributed by atoms with Crippen LogP contribution in [0.15, 0.2) is 0 Å². The molecule has 2 fully saturated rings. The molecule has 7 heteroatoms. The monoisotopic (exact) mass is 255 g/mol. The third kappa shape index (κ3) is 3.12. The molecular weight excluding hydrogens is 238 g/mol. The topological polar surface area (TPSA) is 98.7 Å². The summed E-state index contributed by atoms with van der Waals surface area (Å²) in [5.41, 5.74) is 0. The van der Waals surface area contributed by atoms with E-state index in [1.165, 1.54) is 4.90 Å². The van der Waals surface area contributed by atoms with Crippen LogP contribution in [0, 0.1) is 5.92 Å². The number of aliphatic carboxylic acids is 1. The summed E-state index contributed by atoms with van der Waals surface area (Å²) < 4.78 is 0. The molecule has 1 saturated carbocycles. The predicted molar refractivity (Wildman–Crippen MR) is 61.9 cm³/mol. The maximum absolute atomic E-state index is 11.9. The van der Waals surface area contributed by atoms with E-state index in [-0.39, 0.29) is 18.2 Å². The molecule has 0 aromatic heterocycles. The molecule has 1 heterocycles. The van der Waals surface area contributed by atoms with Crippen molar-refractivity contribution >= 4 is 17.9 Å². The van der Waals surface area contributed by atoms with E-state index in [1.54, 1.807) is 0 Å². The number of nitrogens with zero attached hydrogens (tertiary/aromatic N) is 1. The summed E-state index contributed by atoms with van der Waals surface area (Å²) in [6.45, 7) is 1.15. The molecule has 3 N–H and O–H groups in total. The number of carbonyl (C=O) groups is 3. The van der Waals surface area contributed by atoms with E-state index in [1.807, 2.05) is 0 Å². The number of amides is 3. The van der Waals surface area contributed by atoms with Gasteiger partial charge in [-0.05, 0) is 18.8 Å². The van der Waals surface area contributed by atoms with Crippen molar-refractivity contribution in [1.29, 1.82) is 0 Å². The Hall–Kier alpha value is -1.79. The summed E-state index contributed by atoms with van der Waals surface area (Å²) >= 11 is 0. The van der Waals surface area contributed by atoms with E-state index in [0.717, 1.165) is 12.8 Å². The zero-order valence-corrected chi connectivity index (χ0v) is 10.0. The molecule has 0 aromatic carbocycles. The van der Waals surface area contributed by atoms with Crippen molar-refractivity contribution in [2.75, 3.05) is 19.6 Å². The van der Waals surface area contributed by atoms with Gasteiger partial charge in [-0.25, -0.2) is 9.59 Å². The number of carboxylic acid groups (broad SMARTS) is 1. The third-order valence-corrected chi connectivity index (χ3v) is 3.24. The minimum Gasteiger partial charge on any atom is -0.480 e. The van der Waals surface area contributed by atoms with Crippen LogP contribution >= 0.6 is 0 Å². The number of hydrogen-bond donors (Lipinski definition) is 3. The average Bonchev–Trinajstić information content (AvgIpc) is 3.12. The van der Waals surface area contributed by atoms with E-state index >= 15 is 0 Å². The molecule has 2 rings (SSSR count). The summed E-state index contributed by atoms with van der Waals surface area (Å²) in [4.78, 5) is 35.6. The Morgan fingerprint density at radius 3 is 2.72 bits per heavy atom. The van der Waals surface area contributed by atoms with Gasteiger partial charge in [0.1, 0.15) is 6.04 Å². The molecule has 2 aliphatic rings. The minimum atomic E-state index is -0.991. The summed E-state index contributed by atoms with van der Waals surface area (Å²) in [7, 11) is 0. The first-order valence-corrected chi connectivity index (χ1v) is 6.13. The van der Waals surface area contributed by atoms with Crippen LogP contribution in [-0.4, -0.2) is 53.6 Å². The van der Waals surface area contributed by atoms with E-state index in [4.69, 9.17) is 5.11 Å². The van der Waals surface area contributed by atoms with Gasteiger partial charge in [0.05, 0.1) is 0 Å². The molecular formula is C11H17N3O4. The molecule has 1 saturated heterocycles. The fourth-order valence-corrected chi connectivity index (χ4v) is 2.01. The Morgan fingerprint density at radius 2 is 2.11 bits per heavy atom. The SMILES string of the molecule is O=C1CCN(C(=O)NC(C(=O)O)C2CC2)CCN1. The molecule has 1 aliphatic carbocycles. The van der Waals surface area contributed by atoms with Crippen LogP contribution < -0.4 is 10.6 Å². The van der Waals surface area contributed by atoms with E-state index in [0.29, 0.717) is 19.6 Å². The number of carboxylic acids is 1. The Kier molecular flexibility index (Phi) is 3.69. The van der Waals surface area contributed by atoms with Gasteiger partial charge in [0.15, 0.2) is 0 Å². The van der Waals surface area contributed by atoms with Crippen molar-refractivity contribution in [2.45, 2.75) is 25.3 Å². The highest BCUT2D eigenvalue weighted by atomic mass is 16.4. The molecule has 1 aliphatic heterocycles. The molecule has 100 valence electrons. The van der Waals surface area contributed by atoms with Crippen molar-refractivity contribution in [3.8, 4) is 0 Å². The Labute approximate surface area is 105 Å². The van der Waals surface area contributed by atoms with Gasteiger partial charge in [-0.2, -0.15) is 0 Å². The lowest BCUT2D eigenvalue weighted by atomic mass is 10.2. The standard InChI is InChI=1S/C11H17N3O4/c15-8-3-5-14(6-4-12-8)11(18)13-9(10(16)17)7-1-2-7/h7,9H,1-6H2,(H,12,15)(H,13,18)(H,16,17). The van der Waals surface area contributed by atoms with Gasteiger partial charge in [0.25, 0.3) is 0 Å². The molecule has 1 atom stereocenters. The fraction of sp³-hybridized carbons (Fsp3) is 0.727. The van der Waals surface area contributed by atoms with Crippen LogP contribution in [0.2, 0.25) is 0 Å². The van der Waals surface area contributed by atoms with Gasteiger partial charge in [-0.3, -0.25) is 4.79 Å². The predicted octanol–water partition coefficient (Wildman–Crippen LogP) is -0.619. The maximum Gasteiger partial charge on any atom is 0.326 e. The van der Waals surface area contributed by atoms with Crippen LogP contribution in [-0.2, 0) is 9.59 Å². The molecule has 0 bridgehead atoms. The highest BCUT2D eigenvalue weighted by molar-refractivity contribution is 5.84. The van der Waals surface area contributed by atoms with Crippen molar-refractivity contribution < 1.29 is 19.5 Å². The normalized spacial score (nSPS) is 21.8. The molecule has 0 aromatic rings. The summed E-state index contributed by atoms with van der Waals surface area (Å²) in [6.07, 6.45) is 1.95. The zero-order valence-electron chi connectivity index (χ0n) is 10.0. The molecule has 0 radical (unpaired) electrons. The second-order valence-electron chi connectivity index (χ2n) is 4.69. The summed E-state index contributed by atoms with van der Waals surface area (Å²) in [5, 5.41) is 14.2. The first kappa shape index (κ1) is 12.7. The van der Waals surface area contributed by atoms with Gasteiger partial charge in [-0.15, -0.1) is 0 Å². The van der Waals surface area contributed by atoms with Crippen LogP contribution in [0.3, 0.4) is 0 Å². The number of urea groups is 1. The molecule has 0 spiro atoms. The average molecular weight is 255 g/mol. The van der Waals surface area contributed by atoms with E-state index < -0.39 is 18.0 Å². The van der Waals surface area contributed by atoms with E-state index in [2.05, 4.69) is 10.6 Å². The maximum atomic E-state index is 11.9. The van der Waals surface area contributed by atoms with Crippen LogP contribution in [0.5, 0.6) is 0 Å². The smallest absolute Gasteiger partial charge is 0.326 e. The lowest BCUT2D eigenvalue weighted by molar-refractivity contribution is -0.139. The molecule has 3 amide bonds. The lowest BCUT2D eigenvalue weighted by Gasteiger charge is -2.23. The van der Waals surface area contributed by atoms with Gasteiger partial charge < -0.3 is 20.6 Å². The van der Waals surface area contributed by atoms with Gasteiger partial charge >= 0.3 is 12.0 Å². The van der Waals surface area contributed by atoms with Crippen molar-refractivity contribution in [3.63, 3.8) is 0 Å². The summed E-state index contributed by atoms with van der Waals surface area (Å²) in [5.74, 6) is -1.02. The Bertz CT molecular complexity index is 367. The van der Waals surface area contributed by atoms with Crippen LogP contribution in [0.4, 0.5) is 4.79 Å². The largest absolute Gasteiger partial charge is 0.480 e. The third-order valence-electron chi connectivity index (χ3n) is 3.24. The molecule has 7 nitrogen and oxygen atoms in total. The first-order valence-electron chi connectivity index (χ1n) is 6.13. The number of carbonyl (C=O) groups excluding carboxylic acids is 2. The van der Waals surface area contributed by atoms with Gasteiger partial charge in [-0.1, -0.05) is 0 Å². The van der Waals surface area contributed by atoms with Gasteiger partial charge in [0.2, 0.25) is 5.91 Å². The van der Waals surface area contributed by atoms with Crippen LogP contribution in [0.25, 0.3) is 0 Å². The number of nitrogens with one attached hydrogen (secondary N) is 2. The lowest BCUT2D eigenvalue weighted by Crippen LogP contribution is -2.49. The van der Waals surface area contributed by atoms with Crippen molar-refractivity contribution in [1.82, 2.24) is 15.5 Å². The fourth-order valence-electron chi connectivity index (χ4n) is 2.01. The quantitative estimate of drug-likeness (QED) is 0.626. The second-order valence-corrected chi connectivity index (χ2v) is 4.69. The first-order chi connectivity index (χ1) is 8.58. The highest BCUT2D eigenvalue weighted by Gasteiger charge is 2.38. The second kappa shape index (κ2) is 5.24. The number of hydrogen-bond acceptors (Lipinski definition) is 3. The van der Waals surface area contributed by atoms with E-state index in [9.17, 15) is 14.4 Å². The van der Waals surface area contributed by atoms with Crippen molar-refractivity contribution in [2.24, 2.45) is 5.92 Å². The molecule has 1 unspecified atom stereocenters. The highest BCUT2D eigenvalue weighted by Crippen LogP contribution is 2.32. The van der Waals surface area contributed by atoms with Gasteiger partial charge in [0, 0.05) is 26.1 Å². The number of rotatable bonds is 3. The molecule has 18 heavy (non-hydrogen) atoms. The minimum absolute atomic E-state index is 0.0539. The summed E-state index contributed by atoms with van der Waals surface area (Å²) in [6, 6.07) is -1.20. The van der Waals surface area contributed by atoms with Crippen molar-refractivity contribution in [3.05, 3.63) is 0 Å². The Morgan fingerprint density at radius 1 is 1.39 bits per heavy atom.